The molecule has 3 unspecified atom stereocenters. The first-order chi connectivity index (χ1) is 8.83. The fourth-order valence-corrected chi connectivity index (χ4v) is 2.95. The largest absolute Gasteiger partial charge is 0.385 e. The Kier molecular flexibility index (Phi) is 8.64. The summed E-state index contributed by atoms with van der Waals surface area (Å²) in [5, 5.41) is 3.73. The lowest BCUT2D eigenvalue weighted by molar-refractivity contribution is 0.0758. The number of hydrogen-bond donors (Lipinski definition) is 1. The number of nitrogens with one attached hydrogen (secondary N) is 1. The lowest BCUT2D eigenvalue weighted by Gasteiger charge is -2.28. The number of ether oxygens (including phenoxy) is 2. The molecule has 0 saturated carbocycles. The van der Waals surface area contributed by atoms with Crippen LogP contribution in [0.5, 0.6) is 0 Å². The fraction of sp³-hybridized carbons (Fsp3) is 1.00. The van der Waals surface area contributed by atoms with Gasteiger partial charge in [0.1, 0.15) is 0 Å². The van der Waals surface area contributed by atoms with Crippen molar-refractivity contribution in [3.8, 4) is 0 Å². The molecule has 1 saturated heterocycles. The second-order valence-corrected chi connectivity index (χ2v) is 5.32. The van der Waals surface area contributed by atoms with E-state index in [2.05, 4.69) is 19.2 Å². The van der Waals surface area contributed by atoms with Crippen LogP contribution >= 0.6 is 0 Å². The highest BCUT2D eigenvalue weighted by Crippen LogP contribution is 2.28. The van der Waals surface area contributed by atoms with Crippen LogP contribution in [-0.2, 0) is 9.47 Å². The minimum absolute atomic E-state index is 0.474. The van der Waals surface area contributed by atoms with Gasteiger partial charge in [-0.15, -0.1) is 0 Å². The Hall–Kier alpha value is -0.120. The van der Waals surface area contributed by atoms with Crippen LogP contribution in [0.2, 0.25) is 0 Å². The molecule has 3 atom stereocenters. The summed E-state index contributed by atoms with van der Waals surface area (Å²) in [7, 11) is 1.78. The summed E-state index contributed by atoms with van der Waals surface area (Å²) in [5.41, 5.74) is 0. The van der Waals surface area contributed by atoms with Crippen molar-refractivity contribution < 1.29 is 9.47 Å². The molecule has 0 bridgehead atoms. The molecule has 0 spiro atoms. The zero-order chi connectivity index (χ0) is 13.2. The van der Waals surface area contributed by atoms with Crippen LogP contribution in [0, 0.1) is 5.92 Å². The highest BCUT2D eigenvalue weighted by atomic mass is 16.5. The molecule has 1 heterocycles. The van der Waals surface area contributed by atoms with Gasteiger partial charge >= 0.3 is 0 Å². The van der Waals surface area contributed by atoms with E-state index >= 15 is 0 Å². The van der Waals surface area contributed by atoms with Gasteiger partial charge in [-0.2, -0.15) is 0 Å². The molecule has 0 aromatic heterocycles. The topological polar surface area (TPSA) is 30.5 Å². The summed E-state index contributed by atoms with van der Waals surface area (Å²) in [6.45, 7) is 7.44. The van der Waals surface area contributed by atoms with Crippen molar-refractivity contribution in [3.63, 3.8) is 0 Å². The summed E-state index contributed by atoms with van der Waals surface area (Å²) in [6.07, 6.45) is 7.74. The van der Waals surface area contributed by atoms with Gasteiger partial charge in [-0.05, 0) is 45.1 Å². The van der Waals surface area contributed by atoms with Gasteiger partial charge in [-0.25, -0.2) is 0 Å². The van der Waals surface area contributed by atoms with E-state index in [0.29, 0.717) is 18.1 Å². The standard InChI is InChI=1S/C15H31NO2/c1-4-10-16-14(8-6-7-11-17-3)13-9-12-18-15(13)5-2/h13-16H,4-12H2,1-3H3. The van der Waals surface area contributed by atoms with Crippen molar-refractivity contribution in [1.29, 1.82) is 0 Å². The third-order valence-electron chi connectivity index (χ3n) is 3.95. The lowest BCUT2D eigenvalue weighted by Crippen LogP contribution is -2.40. The molecule has 1 rings (SSSR count). The molecule has 1 aliphatic heterocycles. The first kappa shape index (κ1) is 15.9. The summed E-state index contributed by atoms with van der Waals surface area (Å²) < 4.78 is 11.0. The van der Waals surface area contributed by atoms with E-state index in [1.54, 1.807) is 7.11 Å². The van der Waals surface area contributed by atoms with Gasteiger partial charge in [0.25, 0.3) is 0 Å². The minimum Gasteiger partial charge on any atom is -0.385 e. The Morgan fingerprint density at radius 3 is 2.83 bits per heavy atom. The molecular formula is C15H31NO2. The maximum atomic E-state index is 5.84. The SMILES string of the molecule is CCCNC(CCCCOC)C1CCOC1CC. The van der Waals surface area contributed by atoms with Gasteiger partial charge in [-0.3, -0.25) is 0 Å². The van der Waals surface area contributed by atoms with E-state index in [9.17, 15) is 0 Å². The van der Waals surface area contributed by atoms with Crippen molar-refractivity contribution in [2.45, 2.75) is 64.5 Å². The predicted molar refractivity (Wildman–Crippen MR) is 75.9 cm³/mol. The van der Waals surface area contributed by atoms with E-state index in [1.807, 2.05) is 0 Å². The maximum Gasteiger partial charge on any atom is 0.0616 e. The van der Waals surface area contributed by atoms with Crippen molar-refractivity contribution >= 4 is 0 Å². The monoisotopic (exact) mass is 257 g/mol. The van der Waals surface area contributed by atoms with Gasteiger partial charge in [-0.1, -0.05) is 13.8 Å². The number of hydrogen-bond acceptors (Lipinski definition) is 3. The first-order valence-electron chi connectivity index (χ1n) is 7.67. The zero-order valence-electron chi connectivity index (χ0n) is 12.4. The predicted octanol–water partition coefficient (Wildman–Crippen LogP) is 2.99. The smallest absolute Gasteiger partial charge is 0.0616 e. The average molecular weight is 257 g/mol. The summed E-state index contributed by atoms with van der Waals surface area (Å²) >= 11 is 0. The van der Waals surface area contributed by atoms with Gasteiger partial charge in [0.05, 0.1) is 6.10 Å². The normalized spacial score (nSPS) is 25.5. The second-order valence-electron chi connectivity index (χ2n) is 5.32. The molecule has 3 heteroatoms. The fourth-order valence-electron chi connectivity index (χ4n) is 2.95. The zero-order valence-corrected chi connectivity index (χ0v) is 12.4. The van der Waals surface area contributed by atoms with E-state index < -0.39 is 0 Å². The van der Waals surface area contributed by atoms with Crippen LogP contribution in [-0.4, -0.2) is 39.0 Å². The first-order valence-corrected chi connectivity index (χ1v) is 7.67. The maximum absolute atomic E-state index is 5.84. The average Bonchev–Trinajstić information content (AvgIpc) is 2.86. The van der Waals surface area contributed by atoms with Crippen molar-refractivity contribution in [2.75, 3.05) is 26.9 Å². The van der Waals surface area contributed by atoms with Gasteiger partial charge in [0, 0.05) is 32.3 Å². The van der Waals surface area contributed by atoms with Crippen molar-refractivity contribution in [2.24, 2.45) is 5.92 Å². The molecule has 0 aromatic rings. The summed E-state index contributed by atoms with van der Waals surface area (Å²) in [6, 6.07) is 0.634. The Bertz CT molecular complexity index is 199. The summed E-state index contributed by atoms with van der Waals surface area (Å²) in [5.74, 6) is 0.712. The van der Waals surface area contributed by atoms with Crippen LogP contribution in [0.1, 0.15) is 52.4 Å². The Balaban J connectivity index is 2.38. The summed E-state index contributed by atoms with van der Waals surface area (Å²) in [4.78, 5) is 0. The quantitative estimate of drug-likeness (QED) is 0.610. The van der Waals surface area contributed by atoms with E-state index in [4.69, 9.17) is 9.47 Å². The van der Waals surface area contributed by atoms with E-state index in [0.717, 1.165) is 26.2 Å². The van der Waals surface area contributed by atoms with Crippen LogP contribution in [0.3, 0.4) is 0 Å². The van der Waals surface area contributed by atoms with E-state index in [-0.39, 0.29) is 0 Å². The molecule has 0 aliphatic carbocycles. The third kappa shape index (κ3) is 5.25. The van der Waals surface area contributed by atoms with Crippen LogP contribution in [0.15, 0.2) is 0 Å². The Labute approximate surface area is 113 Å². The van der Waals surface area contributed by atoms with Gasteiger partial charge in [0.2, 0.25) is 0 Å². The lowest BCUT2D eigenvalue weighted by atomic mass is 9.88. The highest BCUT2D eigenvalue weighted by Gasteiger charge is 2.32. The molecule has 18 heavy (non-hydrogen) atoms. The third-order valence-corrected chi connectivity index (χ3v) is 3.95. The molecule has 108 valence electrons. The van der Waals surface area contributed by atoms with Gasteiger partial charge in [0.15, 0.2) is 0 Å². The number of rotatable bonds is 10. The van der Waals surface area contributed by atoms with E-state index in [1.165, 1.54) is 32.1 Å². The number of unbranched alkanes of at least 4 members (excludes halogenated alkanes) is 1. The van der Waals surface area contributed by atoms with Crippen LogP contribution in [0.4, 0.5) is 0 Å². The molecule has 3 nitrogen and oxygen atoms in total. The minimum atomic E-state index is 0.474. The van der Waals surface area contributed by atoms with Crippen molar-refractivity contribution in [3.05, 3.63) is 0 Å². The molecule has 0 radical (unpaired) electrons. The van der Waals surface area contributed by atoms with Crippen LogP contribution < -0.4 is 5.32 Å². The molecule has 1 N–H and O–H groups in total. The Morgan fingerprint density at radius 2 is 2.17 bits per heavy atom. The van der Waals surface area contributed by atoms with Gasteiger partial charge < -0.3 is 14.8 Å². The highest BCUT2D eigenvalue weighted by molar-refractivity contribution is 4.85. The second kappa shape index (κ2) is 9.76. The molecule has 0 aromatic carbocycles. The molecule has 1 fully saturated rings. The number of methoxy groups -OCH3 is 1. The molecule has 1 aliphatic rings. The van der Waals surface area contributed by atoms with Crippen molar-refractivity contribution in [1.82, 2.24) is 5.32 Å². The molecule has 0 amide bonds. The Morgan fingerprint density at radius 1 is 1.33 bits per heavy atom. The van der Waals surface area contributed by atoms with Crippen LogP contribution in [0.25, 0.3) is 0 Å². The molecular weight excluding hydrogens is 226 g/mol.